The van der Waals surface area contributed by atoms with Crippen molar-refractivity contribution in [1.82, 2.24) is 4.98 Å². The van der Waals surface area contributed by atoms with Gasteiger partial charge in [-0.2, -0.15) is 0 Å². The van der Waals surface area contributed by atoms with Crippen molar-refractivity contribution in [2.75, 3.05) is 5.32 Å². The lowest BCUT2D eigenvalue weighted by Gasteiger charge is -2.06. The van der Waals surface area contributed by atoms with E-state index in [2.05, 4.69) is 10.3 Å². The van der Waals surface area contributed by atoms with E-state index >= 15 is 0 Å². The smallest absolute Gasteiger partial charge is 0.183 e. The average Bonchev–Trinajstić information content (AvgIpc) is 2.69. The molecular formula is C10H6Cl2F2N2S. The minimum Gasteiger partial charge on any atom is -0.380 e. The highest BCUT2D eigenvalue weighted by atomic mass is 35.5. The third-order valence-electron chi connectivity index (χ3n) is 1.98. The average molecular weight is 295 g/mol. The Morgan fingerprint density at radius 1 is 1.24 bits per heavy atom. The highest BCUT2D eigenvalue weighted by molar-refractivity contribution is 7.15. The molecule has 1 N–H and O–H groups in total. The van der Waals surface area contributed by atoms with E-state index in [1.165, 1.54) is 11.3 Å². The number of anilines is 1. The summed E-state index contributed by atoms with van der Waals surface area (Å²) in [5.41, 5.74) is 0.314. The van der Waals surface area contributed by atoms with E-state index in [0.29, 0.717) is 16.7 Å². The minimum atomic E-state index is -0.795. The van der Waals surface area contributed by atoms with Crippen LogP contribution in [0.15, 0.2) is 18.3 Å². The second kappa shape index (κ2) is 5.16. The minimum absolute atomic E-state index is 0.314. The Morgan fingerprint density at radius 3 is 2.41 bits per heavy atom. The monoisotopic (exact) mass is 294 g/mol. The SMILES string of the molecule is Fc1cc(NCc2cnc(Cl)s2)cc(F)c1Cl. The second-order valence-electron chi connectivity index (χ2n) is 3.19. The summed E-state index contributed by atoms with van der Waals surface area (Å²) in [7, 11) is 0. The zero-order chi connectivity index (χ0) is 12.4. The lowest BCUT2D eigenvalue weighted by Crippen LogP contribution is -1.99. The van der Waals surface area contributed by atoms with Crippen molar-refractivity contribution >= 4 is 40.2 Å². The molecule has 1 heterocycles. The van der Waals surface area contributed by atoms with E-state index < -0.39 is 16.7 Å². The van der Waals surface area contributed by atoms with E-state index in [1.807, 2.05) is 0 Å². The molecule has 0 aliphatic rings. The molecule has 0 amide bonds. The van der Waals surface area contributed by atoms with Crippen LogP contribution < -0.4 is 5.32 Å². The number of thiazole rings is 1. The maximum atomic E-state index is 13.1. The first kappa shape index (κ1) is 12.5. The van der Waals surface area contributed by atoms with E-state index in [0.717, 1.165) is 17.0 Å². The van der Waals surface area contributed by atoms with Gasteiger partial charge < -0.3 is 5.32 Å². The molecule has 0 radical (unpaired) electrons. The van der Waals surface area contributed by atoms with Crippen molar-refractivity contribution in [3.63, 3.8) is 0 Å². The lowest BCUT2D eigenvalue weighted by atomic mass is 10.3. The number of nitrogens with zero attached hydrogens (tertiary/aromatic N) is 1. The van der Waals surface area contributed by atoms with Crippen LogP contribution >= 0.6 is 34.5 Å². The number of rotatable bonds is 3. The van der Waals surface area contributed by atoms with Gasteiger partial charge in [0, 0.05) is 16.8 Å². The summed E-state index contributed by atoms with van der Waals surface area (Å²) < 4.78 is 26.7. The number of hydrogen-bond acceptors (Lipinski definition) is 3. The molecule has 2 rings (SSSR count). The van der Waals surface area contributed by atoms with Crippen molar-refractivity contribution in [1.29, 1.82) is 0 Å². The number of benzene rings is 1. The summed E-state index contributed by atoms with van der Waals surface area (Å²) in [6, 6.07) is 2.27. The molecule has 1 aromatic carbocycles. The third-order valence-corrected chi connectivity index (χ3v) is 3.45. The van der Waals surface area contributed by atoms with Crippen molar-refractivity contribution < 1.29 is 8.78 Å². The molecule has 0 atom stereocenters. The van der Waals surface area contributed by atoms with Gasteiger partial charge in [0.1, 0.15) is 16.7 Å². The fourth-order valence-electron chi connectivity index (χ4n) is 1.21. The van der Waals surface area contributed by atoms with Gasteiger partial charge >= 0.3 is 0 Å². The van der Waals surface area contributed by atoms with E-state index in [1.54, 1.807) is 6.20 Å². The maximum absolute atomic E-state index is 13.1. The zero-order valence-corrected chi connectivity index (χ0v) is 10.6. The molecule has 2 nitrogen and oxygen atoms in total. The van der Waals surface area contributed by atoms with Gasteiger partial charge in [-0.1, -0.05) is 23.2 Å². The van der Waals surface area contributed by atoms with Crippen LogP contribution in [0.2, 0.25) is 9.49 Å². The van der Waals surface area contributed by atoms with Gasteiger partial charge in [0.2, 0.25) is 0 Å². The third kappa shape index (κ3) is 3.06. The number of aromatic nitrogens is 1. The van der Waals surface area contributed by atoms with Gasteiger partial charge in [-0.25, -0.2) is 13.8 Å². The molecule has 0 saturated carbocycles. The summed E-state index contributed by atoms with van der Waals surface area (Å²) in [4.78, 5) is 4.72. The zero-order valence-electron chi connectivity index (χ0n) is 8.31. The molecule has 1 aromatic heterocycles. The molecule has 90 valence electrons. The Hall–Kier alpha value is -0.910. The molecule has 7 heteroatoms. The molecule has 0 unspecified atom stereocenters. The van der Waals surface area contributed by atoms with Gasteiger partial charge in [-0.05, 0) is 12.1 Å². The predicted molar refractivity (Wildman–Crippen MR) is 65.8 cm³/mol. The number of nitrogens with one attached hydrogen (secondary N) is 1. The normalized spacial score (nSPS) is 10.6. The standard InChI is InChI=1S/C10H6Cl2F2N2S/c11-9-7(13)1-5(2-8(9)14)15-3-6-4-16-10(12)17-6/h1-2,4,15H,3H2. The van der Waals surface area contributed by atoms with Crippen LogP contribution in [0.5, 0.6) is 0 Å². The lowest BCUT2D eigenvalue weighted by molar-refractivity contribution is 0.585. The van der Waals surface area contributed by atoms with E-state index in [-0.39, 0.29) is 0 Å². The Morgan fingerprint density at radius 2 is 1.88 bits per heavy atom. The predicted octanol–water partition coefficient (Wildman–Crippen LogP) is 4.34. The fraction of sp³-hybridized carbons (Fsp3) is 0.100. The molecule has 2 aromatic rings. The van der Waals surface area contributed by atoms with Crippen LogP contribution in [0.3, 0.4) is 0 Å². The Labute approximate surface area is 110 Å². The molecule has 0 saturated heterocycles. The Bertz CT molecular complexity index is 522. The highest BCUT2D eigenvalue weighted by Gasteiger charge is 2.08. The quantitative estimate of drug-likeness (QED) is 0.852. The molecule has 0 spiro atoms. The summed E-state index contributed by atoms with van der Waals surface area (Å²) >= 11 is 12.3. The largest absolute Gasteiger partial charge is 0.380 e. The fourth-order valence-corrected chi connectivity index (χ4v) is 2.24. The summed E-state index contributed by atoms with van der Waals surface area (Å²) in [6.07, 6.45) is 1.60. The van der Waals surface area contributed by atoms with Crippen molar-refractivity contribution in [3.05, 3.63) is 44.3 Å². The van der Waals surface area contributed by atoms with Gasteiger partial charge in [-0.3, -0.25) is 0 Å². The molecular weight excluding hydrogens is 289 g/mol. The van der Waals surface area contributed by atoms with Gasteiger partial charge in [0.25, 0.3) is 0 Å². The topological polar surface area (TPSA) is 24.9 Å². The van der Waals surface area contributed by atoms with Crippen LogP contribution in [0, 0.1) is 11.6 Å². The number of halogens is 4. The Kier molecular flexibility index (Phi) is 3.81. The molecule has 0 aliphatic heterocycles. The van der Waals surface area contributed by atoms with Crippen molar-refractivity contribution in [2.45, 2.75) is 6.54 Å². The van der Waals surface area contributed by atoms with E-state index in [9.17, 15) is 8.78 Å². The van der Waals surface area contributed by atoms with Gasteiger partial charge in [0.05, 0.1) is 6.54 Å². The first-order chi connectivity index (χ1) is 8.06. The Balaban J connectivity index is 2.09. The van der Waals surface area contributed by atoms with Crippen LogP contribution in [0.1, 0.15) is 4.88 Å². The highest BCUT2D eigenvalue weighted by Crippen LogP contribution is 2.24. The van der Waals surface area contributed by atoms with Gasteiger partial charge in [0.15, 0.2) is 4.47 Å². The van der Waals surface area contributed by atoms with E-state index in [4.69, 9.17) is 23.2 Å². The van der Waals surface area contributed by atoms with Crippen molar-refractivity contribution in [3.8, 4) is 0 Å². The van der Waals surface area contributed by atoms with Crippen LogP contribution in [-0.2, 0) is 6.54 Å². The van der Waals surface area contributed by atoms with Crippen LogP contribution in [-0.4, -0.2) is 4.98 Å². The summed E-state index contributed by atoms with van der Waals surface area (Å²) in [5, 5.41) is 2.35. The number of hydrogen-bond donors (Lipinski definition) is 1. The maximum Gasteiger partial charge on any atom is 0.183 e. The van der Waals surface area contributed by atoms with Gasteiger partial charge in [-0.15, -0.1) is 11.3 Å². The molecule has 17 heavy (non-hydrogen) atoms. The first-order valence-electron chi connectivity index (χ1n) is 4.55. The first-order valence-corrected chi connectivity index (χ1v) is 6.12. The van der Waals surface area contributed by atoms with Crippen LogP contribution in [0.25, 0.3) is 0 Å². The second-order valence-corrected chi connectivity index (χ2v) is 5.26. The van der Waals surface area contributed by atoms with Crippen LogP contribution in [0.4, 0.5) is 14.5 Å². The van der Waals surface area contributed by atoms with Crippen molar-refractivity contribution in [2.24, 2.45) is 0 Å². The summed E-state index contributed by atoms with van der Waals surface area (Å²) in [5.74, 6) is -1.59. The summed E-state index contributed by atoms with van der Waals surface area (Å²) in [6.45, 7) is 0.394. The molecule has 0 aliphatic carbocycles. The molecule has 0 bridgehead atoms. The molecule has 0 fully saturated rings.